The Balaban J connectivity index is 2.03. The Morgan fingerprint density at radius 3 is 2.35 bits per heavy atom. The third-order valence-corrected chi connectivity index (χ3v) is 4.52. The molecule has 0 saturated carbocycles. The maximum absolute atomic E-state index is 12.1. The van der Waals surface area contributed by atoms with Crippen molar-refractivity contribution in [2.75, 3.05) is 0 Å². The zero-order chi connectivity index (χ0) is 14.8. The lowest BCUT2D eigenvalue weighted by Gasteiger charge is -2.07. The SMILES string of the molecule is Cc1ccc(CS(=O)(=O)NCc2c(C)n[nH]c2C)cc1. The zero-order valence-electron chi connectivity index (χ0n) is 11.9. The molecule has 1 heterocycles. The number of hydrogen-bond acceptors (Lipinski definition) is 3. The molecule has 0 spiro atoms. The molecule has 0 aliphatic carbocycles. The molecule has 0 atom stereocenters. The van der Waals surface area contributed by atoms with Crippen molar-refractivity contribution >= 4 is 10.0 Å². The minimum Gasteiger partial charge on any atom is -0.282 e. The van der Waals surface area contributed by atoms with Crippen molar-refractivity contribution in [2.24, 2.45) is 0 Å². The van der Waals surface area contributed by atoms with Gasteiger partial charge in [-0.3, -0.25) is 5.10 Å². The first-order valence-electron chi connectivity index (χ1n) is 6.41. The number of aryl methyl sites for hydroxylation is 3. The molecule has 0 aliphatic heterocycles. The number of aromatic amines is 1. The standard InChI is InChI=1S/C14H19N3O2S/c1-10-4-6-13(7-5-10)9-20(18,19)15-8-14-11(2)16-17-12(14)3/h4-7,15H,8-9H2,1-3H3,(H,16,17). The zero-order valence-corrected chi connectivity index (χ0v) is 12.7. The number of aromatic nitrogens is 2. The van der Waals surface area contributed by atoms with Crippen LogP contribution in [0.15, 0.2) is 24.3 Å². The topological polar surface area (TPSA) is 74.8 Å². The van der Waals surface area contributed by atoms with Crippen molar-refractivity contribution in [3.05, 3.63) is 52.3 Å². The molecule has 2 aromatic rings. The number of nitrogens with zero attached hydrogens (tertiary/aromatic N) is 1. The van der Waals surface area contributed by atoms with Gasteiger partial charge in [-0.2, -0.15) is 5.10 Å². The van der Waals surface area contributed by atoms with Crippen molar-refractivity contribution in [3.63, 3.8) is 0 Å². The van der Waals surface area contributed by atoms with E-state index in [1.165, 1.54) is 0 Å². The van der Waals surface area contributed by atoms with Gasteiger partial charge in [0.25, 0.3) is 0 Å². The van der Waals surface area contributed by atoms with Crippen molar-refractivity contribution in [3.8, 4) is 0 Å². The number of rotatable bonds is 5. The van der Waals surface area contributed by atoms with Gasteiger partial charge in [0.05, 0.1) is 11.4 Å². The summed E-state index contributed by atoms with van der Waals surface area (Å²) in [5.41, 5.74) is 4.51. The fourth-order valence-corrected chi connectivity index (χ4v) is 3.07. The van der Waals surface area contributed by atoms with Crippen LogP contribution in [0.5, 0.6) is 0 Å². The van der Waals surface area contributed by atoms with Gasteiger partial charge in [0.15, 0.2) is 0 Å². The first-order chi connectivity index (χ1) is 9.37. The quantitative estimate of drug-likeness (QED) is 0.885. The lowest BCUT2D eigenvalue weighted by atomic mass is 10.2. The normalized spacial score (nSPS) is 11.8. The molecular weight excluding hydrogens is 274 g/mol. The van der Waals surface area contributed by atoms with Gasteiger partial charge < -0.3 is 0 Å². The van der Waals surface area contributed by atoms with Crippen molar-refractivity contribution < 1.29 is 8.42 Å². The van der Waals surface area contributed by atoms with E-state index in [9.17, 15) is 8.42 Å². The van der Waals surface area contributed by atoms with E-state index in [1.807, 2.05) is 45.0 Å². The maximum atomic E-state index is 12.1. The summed E-state index contributed by atoms with van der Waals surface area (Å²) in [6.45, 7) is 5.97. The molecule has 0 radical (unpaired) electrons. The molecular formula is C14H19N3O2S. The summed E-state index contributed by atoms with van der Waals surface area (Å²) in [6.07, 6.45) is 0. The Morgan fingerprint density at radius 1 is 1.15 bits per heavy atom. The average Bonchev–Trinajstić information content (AvgIpc) is 2.69. The minimum absolute atomic E-state index is 0.0107. The molecule has 0 amide bonds. The van der Waals surface area contributed by atoms with E-state index >= 15 is 0 Å². The van der Waals surface area contributed by atoms with Gasteiger partial charge in [-0.05, 0) is 26.3 Å². The monoisotopic (exact) mass is 293 g/mol. The lowest BCUT2D eigenvalue weighted by Crippen LogP contribution is -2.25. The summed E-state index contributed by atoms with van der Waals surface area (Å²) in [5, 5.41) is 6.89. The molecule has 20 heavy (non-hydrogen) atoms. The highest BCUT2D eigenvalue weighted by Crippen LogP contribution is 2.11. The fraction of sp³-hybridized carbons (Fsp3) is 0.357. The molecule has 5 nitrogen and oxygen atoms in total. The number of sulfonamides is 1. The highest BCUT2D eigenvalue weighted by Gasteiger charge is 2.14. The average molecular weight is 293 g/mol. The second kappa shape index (κ2) is 5.76. The van der Waals surface area contributed by atoms with E-state index < -0.39 is 10.0 Å². The van der Waals surface area contributed by atoms with Crippen LogP contribution in [0.4, 0.5) is 0 Å². The third-order valence-electron chi connectivity index (χ3n) is 3.23. The molecule has 2 rings (SSSR count). The Hall–Kier alpha value is -1.66. The van der Waals surface area contributed by atoms with E-state index in [0.717, 1.165) is 28.1 Å². The van der Waals surface area contributed by atoms with Crippen molar-refractivity contribution in [2.45, 2.75) is 33.1 Å². The number of hydrogen-bond donors (Lipinski definition) is 2. The predicted octanol–water partition coefficient (Wildman–Crippen LogP) is 1.95. The maximum Gasteiger partial charge on any atom is 0.216 e. The Kier molecular flexibility index (Phi) is 4.25. The van der Waals surface area contributed by atoms with Crippen LogP contribution in [-0.4, -0.2) is 18.6 Å². The predicted molar refractivity (Wildman–Crippen MR) is 78.7 cm³/mol. The van der Waals surface area contributed by atoms with Crippen molar-refractivity contribution in [1.82, 2.24) is 14.9 Å². The molecule has 108 valence electrons. The summed E-state index contributed by atoms with van der Waals surface area (Å²) < 4.78 is 26.7. The van der Waals surface area contributed by atoms with Crippen LogP contribution >= 0.6 is 0 Å². The van der Waals surface area contributed by atoms with Gasteiger partial charge in [-0.15, -0.1) is 0 Å². The van der Waals surface area contributed by atoms with Gasteiger partial charge >= 0.3 is 0 Å². The molecule has 0 bridgehead atoms. The van der Waals surface area contributed by atoms with Crippen LogP contribution in [0.3, 0.4) is 0 Å². The van der Waals surface area contributed by atoms with Crippen molar-refractivity contribution in [1.29, 1.82) is 0 Å². The molecule has 0 fully saturated rings. The van der Waals surface area contributed by atoms with Gasteiger partial charge in [-0.25, -0.2) is 13.1 Å². The van der Waals surface area contributed by atoms with E-state index in [4.69, 9.17) is 0 Å². The third kappa shape index (κ3) is 3.68. The second-order valence-electron chi connectivity index (χ2n) is 4.98. The van der Waals surface area contributed by atoms with Crippen LogP contribution in [0.1, 0.15) is 28.1 Å². The summed E-state index contributed by atoms with van der Waals surface area (Å²) in [6, 6.07) is 7.50. The molecule has 0 saturated heterocycles. The Bertz CT molecular complexity index is 668. The van der Waals surface area contributed by atoms with E-state index in [0.29, 0.717) is 0 Å². The molecule has 1 aromatic heterocycles. The lowest BCUT2D eigenvalue weighted by molar-refractivity contribution is 0.580. The van der Waals surface area contributed by atoms with E-state index in [2.05, 4.69) is 14.9 Å². The first kappa shape index (κ1) is 14.7. The second-order valence-corrected chi connectivity index (χ2v) is 6.79. The van der Waals surface area contributed by atoms with Gasteiger partial charge in [-0.1, -0.05) is 29.8 Å². The van der Waals surface area contributed by atoms with Crippen LogP contribution in [0.2, 0.25) is 0 Å². The number of H-pyrrole nitrogens is 1. The summed E-state index contributed by atoms with van der Waals surface area (Å²) in [5.74, 6) is -0.0107. The first-order valence-corrected chi connectivity index (χ1v) is 8.06. The van der Waals surface area contributed by atoms with Gasteiger partial charge in [0.2, 0.25) is 10.0 Å². The van der Waals surface area contributed by atoms with E-state index in [-0.39, 0.29) is 12.3 Å². The number of benzene rings is 1. The molecule has 2 N–H and O–H groups in total. The molecule has 0 unspecified atom stereocenters. The van der Waals surface area contributed by atoms with Crippen LogP contribution < -0.4 is 4.72 Å². The smallest absolute Gasteiger partial charge is 0.216 e. The molecule has 1 aromatic carbocycles. The fourth-order valence-electron chi connectivity index (χ4n) is 1.97. The summed E-state index contributed by atoms with van der Waals surface area (Å²) >= 11 is 0. The summed E-state index contributed by atoms with van der Waals surface area (Å²) in [7, 11) is -3.35. The number of nitrogens with one attached hydrogen (secondary N) is 2. The Labute approximate surface area is 119 Å². The largest absolute Gasteiger partial charge is 0.282 e. The molecule has 6 heteroatoms. The highest BCUT2D eigenvalue weighted by atomic mass is 32.2. The van der Waals surface area contributed by atoms with Crippen LogP contribution in [-0.2, 0) is 22.3 Å². The summed E-state index contributed by atoms with van der Waals surface area (Å²) in [4.78, 5) is 0. The Morgan fingerprint density at radius 2 is 1.80 bits per heavy atom. The minimum atomic E-state index is -3.35. The van der Waals surface area contributed by atoms with Crippen LogP contribution in [0, 0.1) is 20.8 Å². The van der Waals surface area contributed by atoms with Gasteiger partial charge in [0.1, 0.15) is 0 Å². The van der Waals surface area contributed by atoms with Crippen LogP contribution in [0.25, 0.3) is 0 Å². The molecule has 0 aliphatic rings. The highest BCUT2D eigenvalue weighted by molar-refractivity contribution is 7.88. The van der Waals surface area contributed by atoms with E-state index in [1.54, 1.807) is 0 Å². The van der Waals surface area contributed by atoms with Gasteiger partial charge in [0, 0.05) is 17.8 Å².